The molecule has 0 bridgehead atoms. The van der Waals surface area contributed by atoms with Crippen LogP contribution in [0.5, 0.6) is 0 Å². The van der Waals surface area contributed by atoms with E-state index in [-0.39, 0.29) is 0 Å². The first kappa shape index (κ1) is 10.2. The van der Waals surface area contributed by atoms with Gasteiger partial charge in [-0.15, -0.1) is 0 Å². The Kier molecular flexibility index (Phi) is 2.73. The van der Waals surface area contributed by atoms with E-state index in [4.69, 9.17) is 0 Å². The quantitative estimate of drug-likeness (QED) is 0.835. The van der Waals surface area contributed by atoms with E-state index in [0.29, 0.717) is 0 Å². The Morgan fingerprint density at radius 2 is 2.00 bits per heavy atom. The minimum Gasteiger partial charge on any atom is -0.365 e. The van der Waals surface area contributed by atoms with Gasteiger partial charge >= 0.3 is 0 Å². The number of aryl methyl sites for hydroxylation is 2. The fourth-order valence-electron chi connectivity index (χ4n) is 1.42. The monoisotopic (exact) mass is 218 g/mol. The van der Waals surface area contributed by atoms with E-state index >= 15 is 0 Å². The van der Waals surface area contributed by atoms with Crippen molar-refractivity contribution in [2.75, 3.05) is 12.4 Å². The third kappa shape index (κ3) is 2.02. The zero-order valence-corrected chi connectivity index (χ0v) is 9.98. The number of hydrogen-bond acceptors (Lipinski definition) is 3. The van der Waals surface area contributed by atoms with Crippen molar-refractivity contribution in [2.45, 2.75) is 13.8 Å². The summed E-state index contributed by atoms with van der Waals surface area (Å²) in [6, 6.07) is 6.51. The van der Waals surface area contributed by atoms with Gasteiger partial charge in [-0.2, -0.15) is 0 Å². The molecule has 15 heavy (non-hydrogen) atoms. The van der Waals surface area contributed by atoms with E-state index in [1.54, 1.807) is 11.3 Å². The lowest BCUT2D eigenvalue weighted by atomic mass is 10.1. The summed E-state index contributed by atoms with van der Waals surface area (Å²) in [7, 11) is 1.89. The molecule has 1 heterocycles. The Balaban J connectivity index is 2.40. The molecule has 2 aromatic rings. The fourth-order valence-corrected chi connectivity index (χ4v) is 2.18. The summed E-state index contributed by atoms with van der Waals surface area (Å²) in [5, 5.41) is 4.01. The highest BCUT2D eigenvalue weighted by molar-refractivity contribution is 7.18. The normalized spacial score (nSPS) is 10.3. The minimum atomic E-state index is 0.961. The molecule has 0 aliphatic rings. The standard InChI is InChI=1S/C12H14N2S/c1-8-4-5-10(6-9(8)2)11-7-14-12(13-3)15-11/h4-7H,1-3H3,(H,13,14). The summed E-state index contributed by atoms with van der Waals surface area (Å²) < 4.78 is 0. The van der Waals surface area contributed by atoms with E-state index in [1.165, 1.54) is 21.6 Å². The topological polar surface area (TPSA) is 24.9 Å². The molecule has 1 aromatic heterocycles. The molecule has 0 saturated heterocycles. The molecular weight excluding hydrogens is 204 g/mol. The number of nitrogens with zero attached hydrogens (tertiary/aromatic N) is 1. The maximum Gasteiger partial charge on any atom is 0.182 e. The number of aromatic nitrogens is 1. The Morgan fingerprint density at radius 3 is 2.60 bits per heavy atom. The van der Waals surface area contributed by atoms with Crippen LogP contribution in [-0.2, 0) is 0 Å². The summed E-state index contributed by atoms with van der Waals surface area (Å²) in [6.45, 7) is 4.27. The molecule has 0 amide bonds. The van der Waals surface area contributed by atoms with Crippen LogP contribution in [0.15, 0.2) is 24.4 Å². The van der Waals surface area contributed by atoms with Gasteiger partial charge in [-0.05, 0) is 30.5 Å². The van der Waals surface area contributed by atoms with E-state index in [2.05, 4.69) is 42.3 Å². The highest BCUT2D eigenvalue weighted by atomic mass is 32.1. The molecular formula is C12H14N2S. The predicted octanol–water partition coefficient (Wildman–Crippen LogP) is 3.47. The van der Waals surface area contributed by atoms with Crippen molar-refractivity contribution in [3.63, 3.8) is 0 Å². The van der Waals surface area contributed by atoms with Crippen LogP contribution >= 0.6 is 11.3 Å². The van der Waals surface area contributed by atoms with Crippen LogP contribution in [0.2, 0.25) is 0 Å². The average molecular weight is 218 g/mol. The maximum atomic E-state index is 4.27. The van der Waals surface area contributed by atoms with Crippen molar-refractivity contribution in [3.05, 3.63) is 35.5 Å². The number of hydrogen-bond donors (Lipinski definition) is 1. The van der Waals surface area contributed by atoms with Crippen molar-refractivity contribution in [1.82, 2.24) is 4.98 Å². The summed E-state index contributed by atoms with van der Waals surface area (Å²) in [6.07, 6.45) is 1.92. The van der Waals surface area contributed by atoms with E-state index < -0.39 is 0 Å². The molecule has 2 rings (SSSR count). The largest absolute Gasteiger partial charge is 0.365 e. The highest BCUT2D eigenvalue weighted by Crippen LogP contribution is 2.29. The van der Waals surface area contributed by atoms with Crippen LogP contribution in [0.3, 0.4) is 0 Å². The summed E-state index contributed by atoms with van der Waals surface area (Å²) in [5.41, 5.74) is 3.90. The fraction of sp³-hybridized carbons (Fsp3) is 0.250. The summed E-state index contributed by atoms with van der Waals surface area (Å²) in [4.78, 5) is 5.48. The first-order valence-corrected chi connectivity index (χ1v) is 5.73. The van der Waals surface area contributed by atoms with Crippen molar-refractivity contribution < 1.29 is 0 Å². The van der Waals surface area contributed by atoms with Gasteiger partial charge in [0, 0.05) is 13.2 Å². The van der Waals surface area contributed by atoms with E-state index in [0.717, 1.165) is 5.13 Å². The molecule has 2 nitrogen and oxygen atoms in total. The second-order valence-electron chi connectivity index (χ2n) is 3.58. The van der Waals surface area contributed by atoms with E-state index in [1.807, 2.05) is 13.2 Å². The highest BCUT2D eigenvalue weighted by Gasteiger charge is 2.03. The van der Waals surface area contributed by atoms with Crippen molar-refractivity contribution in [3.8, 4) is 10.4 Å². The van der Waals surface area contributed by atoms with Gasteiger partial charge in [0.15, 0.2) is 5.13 Å². The van der Waals surface area contributed by atoms with Gasteiger partial charge in [0.25, 0.3) is 0 Å². The van der Waals surface area contributed by atoms with Gasteiger partial charge < -0.3 is 5.32 Å². The molecule has 78 valence electrons. The zero-order chi connectivity index (χ0) is 10.8. The lowest BCUT2D eigenvalue weighted by Gasteiger charge is -2.02. The molecule has 0 aliphatic carbocycles. The Bertz CT molecular complexity index is 474. The molecule has 0 aliphatic heterocycles. The Labute approximate surface area is 94.0 Å². The molecule has 0 atom stereocenters. The summed E-state index contributed by atoms with van der Waals surface area (Å²) >= 11 is 1.68. The number of benzene rings is 1. The molecule has 3 heteroatoms. The van der Waals surface area contributed by atoms with Gasteiger partial charge in [0.1, 0.15) is 0 Å². The van der Waals surface area contributed by atoms with Gasteiger partial charge in [-0.25, -0.2) is 4.98 Å². The Morgan fingerprint density at radius 1 is 1.20 bits per heavy atom. The molecule has 0 spiro atoms. The second-order valence-corrected chi connectivity index (χ2v) is 4.61. The molecule has 0 fully saturated rings. The van der Waals surface area contributed by atoms with Gasteiger partial charge in [0.2, 0.25) is 0 Å². The van der Waals surface area contributed by atoms with Crippen molar-refractivity contribution in [2.24, 2.45) is 0 Å². The molecule has 0 radical (unpaired) electrons. The van der Waals surface area contributed by atoms with Crippen LogP contribution in [-0.4, -0.2) is 12.0 Å². The Hall–Kier alpha value is -1.35. The average Bonchev–Trinajstić information content (AvgIpc) is 2.70. The van der Waals surface area contributed by atoms with Crippen molar-refractivity contribution >= 4 is 16.5 Å². The molecule has 0 unspecified atom stereocenters. The maximum absolute atomic E-state index is 4.27. The first-order valence-electron chi connectivity index (χ1n) is 4.92. The van der Waals surface area contributed by atoms with E-state index in [9.17, 15) is 0 Å². The molecule has 0 saturated carbocycles. The third-order valence-corrected chi connectivity index (χ3v) is 3.57. The summed E-state index contributed by atoms with van der Waals surface area (Å²) in [5.74, 6) is 0. The van der Waals surface area contributed by atoms with Gasteiger partial charge in [-0.3, -0.25) is 0 Å². The van der Waals surface area contributed by atoms with Crippen LogP contribution < -0.4 is 5.32 Å². The zero-order valence-electron chi connectivity index (χ0n) is 9.16. The van der Waals surface area contributed by atoms with Gasteiger partial charge in [0.05, 0.1) is 4.88 Å². The second kappa shape index (κ2) is 4.03. The lowest BCUT2D eigenvalue weighted by molar-refractivity contribution is 1.34. The number of anilines is 1. The number of thiazole rings is 1. The first-order chi connectivity index (χ1) is 7.20. The number of rotatable bonds is 2. The number of nitrogens with one attached hydrogen (secondary N) is 1. The van der Waals surface area contributed by atoms with Crippen LogP contribution in [0, 0.1) is 13.8 Å². The predicted molar refractivity (Wildman–Crippen MR) is 66.6 cm³/mol. The third-order valence-electron chi connectivity index (χ3n) is 2.51. The smallest absolute Gasteiger partial charge is 0.182 e. The molecule has 1 aromatic carbocycles. The van der Waals surface area contributed by atoms with Crippen LogP contribution in [0.25, 0.3) is 10.4 Å². The van der Waals surface area contributed by atoms with Crippen LogP contribution in [0.4, 0.5) is 5.13 Å². The lowest BCUT2D eigenvalue weighted by Crippen LogP contribution is -1.83. The molecule has 1 N–H and O–H groups in total. The van der Waals surface area contributed by atoms with Crippen molar-refractivity contribution in [1.29, 1.82) is 0 Å². The minimum absolute atomic E-state index is 0.961. The van der Waals surface area contributed by atoms with Gasteiger partial charge in [-0.1, -0.05) is 29.5 Å². The van der Waals surface area contributed by atoms with Crippen LogP contribution in [0.1, 0.15) is 11.1 Å². The SMILES string of the molecule is CNc1ncc(-c2ccc(C)c(C)c2)s1.